The molecule has 25 heavy (non-hydrogen) atoms. The molecule has 6 heteroatoms. The molecule has 5 rings (SSSR count). The maximum Gasteiger partial charge on any atom is 0.233 e. The minimum Gasteiger partial charge on any atom is -0.358 e. The minimum absolute atomic E-state index is 0.0588. The number of hydrogen-bond donors (Lipinski definition) is 2. The first-order chi connectivity index (χ1) is 11.9. The van der Waals surface area contributed by atoms with Gasteiger partial charge in [0.25, 0.3) is 0 Å². The van der Waals surface area contributed by atoms with Gasteiger partial charge in [-0.05, 0) is 63.2 Å². The average molecular weight is 368 g/mol. The van der Waals surface area contributed by atoms with Crippen molar-refractivity contribution < 1.29 is 9.59 Å². The van der Waals surface area contributed by atoms with Gasteiger partial charge in [-0.3, -0.25) is 14.5 Å². The number of carbonyl (C=O) groups excluding carboxylic acids is 2. The highest BCUT2D eigenvalue weighted by Crippen LogP contribution is 2.63. The SMILES string of the molecule is CNC(=O)CN1CCC(NC(=O)C23CC4CC(CC(Cl)(C4)C2)C3)CC1. The van der Waals surface area contributed by atoms with Gasteiger partial charge in [-0.15, -0.1) is 11.6 Å². The van der Waals surface area contributed by atoms with E-state index in [1.807, 2.05) is 0 Å². The van der Waals surface area contributed by atoms with E-state index in [9.17, 15) is 9.59 Å². The Morgan fingerprint density at radius 3 is 2.32 bits per heavy atom. The van der Waals surface area contributed by atoms with E-state index < -0.39 is 0 Å². The van der Waals surface area contributed by atoms with Crippen LogP contribution in [0, 0.1) is 17.3 Å². The van der Waals surface area contributed by atoms with Crippen LogP contribution in [0.2, 0.25) is 0 Å². The third kappa shape index (κ3) is 3.42. The summed E-state index contributed by atoms with van der Waals surface area (Å²) in [5, 5.41) is 6.03. The Morgan fingerprint density at radius 2 is 1.76 bits per heavy atom. The van der Waals surface area contributed by atoms with Gasteiger partial charge >= 0.3 is 0 Å². The average Bonchev–Trinajstić information content (AvgIpc) is 2.54. The number of carbonyl (C=O) groups is 2. The Balaban J connectivity index is 1.33. The first-order valence-electron chi connectivity index (χ1n) is 9.83. The number of likely N-dealkylation sites (tertiary alicyclic amines) is 1. The van der Waals surface area contributed by atoms with E-state index in [4.69, 9.17) is 11.6 Å². The van der Waals surface area contributed by atoms with Gasteiger partial charge in [0.2, 0.25) is 11.8 Å². The van der Waals surface area contributed by atoms with E-state index in [1.54, 1.807) is 7.05 Å². The Morgan fingerprint density at radius 1 is 1.12 bits per heavy atom. The molecule has 2 N–H and O–H groups in total. The van der Waals surface area contributed by atoms with Crippen molar-refractivity contribution in [2.24, 2.45) is 17.3 Å². The first kappa shape index (κ1) is 17.6. The van der Waals surface area contributed by atoms with Gasteiger partial charge in [-0.2, -0.15) is 0 Å². The molecule has 1 aliphatic heterocycles. The van der Waals surface area contributed by atoms with Crippen LogP contribution in [0.1, 0.15) is 51.4 Å². The summed E-state index contributed by atoms with van der Waals surface area (Å²) in [5.41, 5.74) is -0.203. The lowest BCUT2D eigenvalue weighted by Gasteiger charge is -2.59. The van der Waals surface area contributed by atoms with Gasteiger partial charge in [0.15, 0.2) is 0 Å². The lowest BCUT2D eigenvalue weighted by atomic mass is 9.49. The van der Waals surface area contributed by atoms with Gasteiger partial charge in [0.1, 0.15) is 0 Å². The molecule has 2 atom stereocenters. The van der Waals surface area contributed by atoms with E-state index in [1.165, 1.54) is 6.42 Å². The van der Waals surface area contributed by atoms with Gasteiger partial charge in [0.05, 0.1) is 12.0 Å². The van der Waals surface area contributed by atoms with Crippen LogP contribution in [0.25, 0.3) is 0 Å². The van der Waals surface area contributed by atoms with Gasteiger partial charge < -0.3 is 10.6 Å². The summed E-state index contributed by atoms with van der Waals surface area (Å²) >= 11 is 6.86. The molecule has 5 fully saturated rings. The third-order valence-corrected chi connectivity index (χ3v) is 7.48. The Kier molecular flexibility index (Phi) is 4.52. The number of hydrogen-bond acceptors (Lipinski definition) is 3. The molecule has 4 bridgehead atoms. The number of piperidine rings is 1. The second-order valence-corrected chi connectivity index (χ2v) is 9.89. The van der Waals surface area contributed by atoms with Crippen molar-refractivity contribution in [2.45, 2.75) is 62.3 Å². The molecule has 0 spiro atoms. The van der Waals surface area contributed by atoms with Crippen LogP contribution in [0.15, 0.2) is 0 Å². The predicted octanol–water partition coefficient (Wildman–Crippen LogP) is 1.89. The molecule has 1 heterocycles. The van der Waals surface area contributed by atoms with Crippen LogP contribution >= 0.6 is 11.6 Å². The molecule has 2 amide bonds. The molecule has 1 saturated heterocycles. The number of nitrogens with zero attached hydrogens (tertiary/aromatic N) is 1. The zero-order valence-electron chi connectivity index (χ0n) is 15.2. The van der Waals surface area contributed by atoms with Crippen molar-refractivity contribution in [2.75, 3.05) is 26.7 Å². The van der Waals surface area contributed by atoms with Crippen molar-refractivity contribution in [3.63, 3.8) is 0 Å². The number of amides is 2. The summed E-state index contributed by atoms with van der Waals surface area (Å²) in [6.07, 6.45) is 8.31. The predicted molar refractivity (Wildman–Crippen MR) is 97.4 cm³/mol. The first-order valence-corrected chi connectivity index (χ1v) is 10.2. The normalized spacial score (nSPS) is 40.9. The van der Waals surface area contributed by atoms with Crippen LogP contribution in [0.4, 0.5) is 0 Å². The van der Waals surface area contributed by atoms with Crippen molar-refractivity contribution >= 4 is 23.4 Å². The van der Waals surface area contributed by atoms with Crippen molar-refractivity contribution in [3.8, 4) is 0 Å². The van der Waals surface area contributed by atoms with Crippen LogP contribution < -0.4 is 10.6 Å². The van der Waals surface area contributed by atoms with E-state index in [-0.39, 0.29) is 28.1 Å². The molecule has 5 aliphatic rings. The smallest absolute Gasteiger partial charge is 0.233 e. The molecule has 4 aliphatic carbocycles. The molecule has 5 nitrogen and oxygen atoms in total. The highest BCUT2D eigenvalue weighted by Gasteiger charge is 2.60. The Labute approximate surface area is 155 Å². The molecule has 0 aromatic carbocycles. The fourth-order valence-corrected chi connectivity index (χ4v) is 6.96. The van der Waals surface area contributed by atoms with E-state index in [0.29, 0.717) is 18.4 Å². The maximum atomic E-state index is 13.2. The Bertz CT molecular complexity index is 545. The standard InChI is InChI=1S/C19H30ClN3O2/c1-21-16(24)11-23-4-2-15(3-5-23)22-17(25)18-7-13-6-14(8-18)10-19(20,9-13)12-18/h13-15H,2-12H2,1H3,(H,21,24)(H,22,25). The summed E-state index contributed by atoms with van der Waals surface area (Å²) in [4.78, 5) is 26.7. The largest absolute Gasteiger partial charge is 0.358 e. The second-order valence-electron chi connectivity index (χ2n) is 9.09. The lowest BCUT2D eigenvalue weighted by Crippen LogP contribution is -2.60. The monoisotopic (exact) mass is 367 g/mol. The fraction of sp³-hybridized carbons (Fsp3) is 0.895. The van der Waals surface area contributed by atoms with E-state index >= 15 is 0 Å². The number of likely N-dealkylation sites (N-methyl/N-ethyl adjacent to an activating group) is 1. The number of nitrogens with one attached hydrogen (secondary N) is 2. The molecule has 0 radical (unpaired) electrons. The zero-order valence-corrected chi connectivity index (χ0v) is 15.9. The topological polar surface area (TPSA) is 61.4 Å². The summed E-state index contributed by atoms with van der Waals surface area (Å²) in [6.45, 7) is 2.20. The number of halogens is 1. The van der Waals surface area contributed by atoms with Crippen LogP contribution in [0.3, 0.4) is 0 Å². The molecule has 140 valence electrons. The molecular formula is C19H30ClN3O2. The lowest BCUT2D eigenvalue weighted by molar-refractivity contribution is -0.145. The van der Waals surface area contributed by atoms with E-state index in [2.05, 4.69) is 15.5 Å². The summed E-state index contributed by atoms with van der Waals surface area (Å²) < 4.78 is 0. The molecular weight excluding hydrogens is 338 g/mol. The van der Waals surface area contributed by atoms with Gasteiger partial charge in [-0.1, -0.05) is 0 Å². The summed E-state index contributed by atoms with van der Waals surface area (Å²) in [6, 6.07) is 0.243. The molecule has 0 aromatic heterocycles. The van der Waals surface area contributed by atoms with Gasteiger partial charge in [-0.25, -0.2) is 0 Å². The minimum atomic E-state index is -0.203. The van der Waals surface area contributed by atoms with Crippen LogP contribution in [0.5, 0.6) is 0 Å². The van der Waals surface area contributed by atoms with Crippen LogP contribution in [-0.4, -0.2) is 54.3 Å². The third-order valence-electron chi connectivity index (χ3n) is 7.04. The van der Waals surface area contributed by atoms with Crippen LogP contribution in [-0.2, 0) is 9.59 Å². The molecule has 4 saturated carbocycles. The van der Waals surface area contributed by atoms with E-state index in [0.717, 1.165) is 58.0 Å². The fourth-order valence-electron chi connectivity index (χ4n) is 6.27. The highest BCUT2D eigenvalue weighted by atomic mass is 35.5. The zero-order chi connectivity index (χ0) is 17.7. The summed E-state index contributed by atoms with van der Waals surface area (Å²) in [5.74, 6) is 1.62. The second kappa shape index (κ2) is 6.41. The Hall–Kier alpha value is -0.810. The van der Waals surface area contributed by atoms with Crippen molar-refractivity contribution in [1.29, 1.82) is 0 Å². The van der Waals surface area contributed by atoms with Crippen molar-refractivity contribution in [3.05, 3.63) is 0 Å². The summed E-state index contributed by atoms with van der Waals surface area (Å²) in [7, 11) is 1.67. The molecule has 2 unspecified atom stereocenters. The number of alkyl halides is 1. The highest BCUT2D eigenvalue weighted by molar-refractivity contribution is 6.24. The van der Waals surface area contributed by atoms with Crippen molar-refractivity contribution in [1.82, 2.24) is 15.5 Å². The maximum absolute atomic E-state index is 13.2. The quantitative estimate of drug-likeness (QED) is 0.746. The molecule has 0 aromatic rings. The van der Waals surface area contributed by atoms with Gasteiger partial charge in [0, 0.05) is 31.1 Å². The number of rotatable bonds is 4.